The molecule has 7 nitrogen and oxygen atoms in total. The maximum Gasteiger partial charge on any atom is 0.315 e. The summed E-state index contributed by atoms with van der Waals surface area (Å²) in [6.07, 6.45) is 6.82. The van der Waals surface area contributed by atoms with Crippen LogP contribution in [0.3, 0.4) is 0 Å². The van der Waals surface area contributed by atoms with Gasteiger partial charge in [0, 0.05) is 36.0 Å². The van der Waals surface area contributed by atoms with Gasteiger partial charge in [0.25, 0.3) is 0 Å². The highest BCUT2D eigenvalue weighted by molar-refractivity contribution is 9.10. The summed E-state index contributed by atoms with van der Waals surface area (Å²) < 4.78 is 28.2. The Hall–Kier alpha value is -1.97. The lowest BCUT2D eigenvalue weighted by molar-refractivity contribution is 0.227. The van der Waals surface area contributed by atoms with Crippen molar-refractivity contribution in [1.82, 2.24) is 20.3 Å². The van der Waals surface area contributed by atoms with Gasteiger partial charge in [-0.3, -0.25) is 4.98 Å². The molecule has 0 spiro atoms. The van der Waals surface area contributed by atoms with E-state index in [9.17, 15) is 13.2 Å². The zero-order valence-corrected chi connectivity index (χ0v) is 18.4. The molecule has 0 bridgehead atoms. The summed E-state index contributed by atoms with van der Waals surface area (Å²) in [5, 5.41) is 5.84. The van der Waals surface area contributed by atoms with E-state index in [0.29, 0.717) is 17.6 Å². The van der Waals surface area contributed by atoms with Crippen LogP contribution in [0.4, 0.5) is 4.79 Å². The highest BCUT2D eigenvalue weighted by atomic mass is 79.9. The summed E-state index contributed by atoms with van der Waals surface area (Å²) in [7, 11) is -3.54. The first-order valence-electron chi connectivity index (χ1n) is 9.61. The first-order valence-corrected chi connectivity index (χ1v) is 11.9. The van der Waals surface area contributed by atoms with Crippen LogP contribution >= 0.6 is 15.9 Å². The number of nitrogens with one attached hydrogen (secondary N) is 3. The molecule has 29 heavy (non-hydrogen) atoms. The van der Waals surface area contributed by atoms with Crippen molar-refractivity contribution in [3.8, 4) is 0 Å². The van der Waals surface area contributed by atoms with Crippen LogP contribution < -0.4 is 15.4 Å². The van der Waals surface area contributed by atoms with Crippen molar-refractivity contribution in [1.29, 1.82) is 0 Å². The third kappa shape index (κ3) is 6.52. The number of rotatable bonds is 7. The number of urea groups is 1. The number of hydrogen-bond acceptors (Lipinski definition) is 4. The molecule has 1 aliphatic rings. The number of benzene rings is 1. The Kier molecular flexibility index (Phi) is 7.63. The fraction of sp³-hybridized carbons (Fsp3) is 0.400. The van der Waals surface area contributed by atoms with Gasteiger partial charge in [-0.1, -0.05) is 18.2 Å². The quantitative estimate of drug-likeness (QED) is 0.566. The van der Waals surface area contributed by atoms with Crippen LogP contribution in [0.15, 0.2) is 58.2 Å². The molecule has 0 unspecified atom stereocenters. The lowest BCUT2D eigenvalue weighted by Gasteiger charge is -2.29. The normalized spacial score (nSPS) is 19.5. The third-order valence-electron chi connectivity index (χ3n) is 5.05. The fourth-order valence-corrected chi connectivity index (χ4v) is 5.52. The van der Waals surface area contributed by atoms with Crippen molar-refractivity contribution >= 4 is 32.0 Å². The molecule has 2 aromatic rings. The van der Waals surface area contributed by atoms with Gasteiger partial charge in [-0.2, -0.15) is 0 Å². The predicted octanol–water partition coefficient (Wildman–Crippen LogP) is 3.18. The van der Waals surface area contributed by atoms with Crippen LogP contribution in [0.2, 0.25) is 0 Å². The maximum atomic E-state index is 12.5. The summed E-state index contributed by atoms with van der Waals surface area (Å²) >= 11 is 3.29. The van der Waals surface area contributed by atoms with Gasteiger partial charge in [0.1, 0.15) is 0 Å². The van der Waals surface area contributed by atoms with E-state index < -0.39 is 10.0 Å². The molecule has 156 valence electrons. The van der Waals surface area contributed by atoms with Crippen LogP contribution in [-0.4, -0.2) is 32.0 Å². The highest BCUT2D eigenvalue weighted by Gasteiger charge is 2.24. The Bertz CT molecular complexity index is 916. The van der Waals surface area contributed by atoms with Gasteiger partial charge < -0.3 is 10.6 Å². The number of carbonyl (C=O) groups is 1. The molecular weight excluding hydrogens is 456 g/mol. The predicted molar refractivity (Wildman–Crippen MR) is 115 cm³/mol. The van der Waals surface area contributed by atoms with Gasteiger partial charge in [0.2, 0.25) is 10.0 Å². The van der Waals surface area contributed by atoms with Crippen molar-refractivity contribution in [2.24, 2.45) is 5.92 Å². The molecule has 1 aromatic carbocycles. The van der Waals surface area contributed by atoms with Crippen LogP contribution in [0.1, 0.15) is 31.2 Å². The topological polar surface area (TPSA) is 100 Å². The minimum Gasteiger partial charge on any atom is -0.335 e. The van der Waals surface area contributed by atoms with Crippen molar-refractivity contribution in [2.75, 3.05) is 6.54 Å². The highest BCUT2D eigenvalue weighted by Crippen LogP contribution is 2.25. The third-order valence-corrected chi connectivity index (χ3v) is 7.48. The maximum absolute atomic E-state index is 12.5. The largest absolute Gasteiger partial charge is 0.335 e. The molecule has 1 aromatic heterocycles. The molecule has 0 aliphatic heterocycles. The Balaban J connectivity index is 1.39. The second-order valence-electron chi connectivity index (χ2n) is 7.19. The van der Waals surface area contributed by atoms with Crippen LogP contribution in [0, 0.1) is 5.92 Å². The van der Waals surface area contributed by atoms with Crippen molar-refractivity contribution < 1.29 is 13.2 Å². The van der Waals surface area contributed by atoms with E-state index in [4.69, 9.17) is 0 Å². The van der Waals surface area contributed by atoms with E-state index in [1.807, 2.05) is 12.1 Å². The monoisotopic (exact) mass is 480 g/mol. The molecular formula is C20H25BrN4O3S. The summed E-state index contributed by atoms with van der Waals surface area (Å²) in [5.74, 6) is 0.267. The Morgan fingerprint density at radius 2 is 1.86 bits per heavy atom. The molecule has 9 heteroatoms. The molecule has 1 fully saturated rings. The standard InChI is InChI=1S/C20H25BrN4O3S/c21-18-5-1-2-6-19(18)29(27,28)24-14-15-7-9-17(10-8-15)25-20(26)23-13-16-4-3-11-22-12-16/h1-6,11-12,15,17,24H,7-10,13-14H2,(H2,23,25,26). The number of nitrogens with zero attached hydrogens (tertiary/aromatic N) is 1. The van der Waals surface area contributed by atoms with Gasteiger partial charge in [0.15, 0.2) is 0 Å². The molecule has 0 saturated heterocycles. The minimum atomic E-state index is -3.54. The first-order chi connectivity index (χ1) is 13.9. The van der Waals surface area contributed by atoms with Crippen molar-refractivity contribution in [3.05, 3.63) is 58.8 Å². The molecule has 0 radical (unpaired) electrons. The minimum absolute atomic E-state index is 0.111. The number of carbonyl (C=O) groups excluding carboxylic acids is 1. The molecule has 1 aliphatic carbocycles. The fourth-order valence-electron chi connectivity index (χ4n) is 3.40. The lowest BCUT2D eigenvalue weighted by Crippen LogP contribution is -2.44. The summed E-state index contributed by atoms with van der Waals surface area (Å²) in [6.45, 7) is 0.843. The Morgan fingerprint density at radius 1 is 1.10 bits per heavy atom. The molecule has 1 heterocycles. The lowest BCUT2D eigenvalue weighted by atomic mass is 9.86. The average Bonchev–Trinajstić information content (AvgIpc) is 2.73. The van der Waals surface area contributed by atoms with E-state index >= 15 is 0 Å². The SMILES string of the molecule is O=C(NCc1cccnc1)NC1CCC(CNS(=O)(=O)c2ccccc2Br)CC1. The molecule has 2 amide bonds. The molecule has 3 rings (SSSR count). The van der Waals surface area contributed by atoms with Gasteiger partial charge in [0.05, 0.1) is 4.90 Å². The second kappa shape index (κ2) is 10.2. The molecule has 3 N–H and O–H groups in total. The summed E-state index contributed by atoms with van der Waals surface area (Å²) in [5.41, 5.74) is 0.948. The Labute approximate surface area is 179 Å². The first kappa shape index (κ1) is 21.7. The average molecular weight is 481 g/mol. The van der Waals surface area contributed by atoms with E-state index in [-0.39, 0.29) is 22.9 Å². The van der Waals surface area contributed by atoms with E-state index in [1.54, 1.807) is 36.7 Å². The molecule has 0 atom stereocenters. The van der Waals surface area contributed by atoms with E-state index in [0.717, 1.165) is 31.2 Å². The van der Waals surface area contributed by atoms with E-state index in [2.05, 4.69) is 36.3 Å². The molecule has 1 saturated carbocycles. The number of halogens is 1. The van der Waals surface area contributed by atoms with Crippen LogP contribution in [0.25, 0.3) is 0 Å². The number of aromatic nitrogens is 1. The zero-order valence-electron chi connectivity index (χ0n) is 16.0. The number of amides is 2. The number of hydrogen-bond donors (Lipinski definition) is 3. The van der Waals surface area contributed by atoms with Crippen LogP contribution in [0.5, 0.6) is 0 Å². The van der Waals surface area contributed by atoms with Gasteiger partial charge in [-0.25, -0.2) is 17.9 Å². The zero-order chi connectivity index (χ0) is 20.7. The van der Waals surface area contributed by atoms with Crippen LogP contribution in [-0.2, 0) is 16.6 Å². The van der Waals surface area contributed by atoms with Gasteiger partial charge >= 0.3 is 6.03 Å². The van der Waals surface area contributed by atoms with E-state index in [1.165, 1.54) is 0 Å². The number of pyridine rings is 1. The summed E-state index contributed by atoms with van der Waals surface area (Å²) in [4.78, 5) is 16.3. The van der Waals surface area contributed by atoms with Gasteiger partial charge in [-0.15, -0.1) is 0 Å². The smallest absolute Gasteiger partial charge is 0.315 e. The Morgan fingerprint density at radius 3 is 2.55 bits per heavy atom. The second-order valence-corrected chi connectivity index (χ2v) is 9.78. The van der Waals surface area contributed by atoms with Crippen molar-refractivity contribution in [2.45, 2.75) is 43.2 Å². The van der Waals surface area contributed by atoms with Crippen molar-refractivity contribution in [3.63, 3.8) is 0 Å². The van der Waals surface area contributed by atoms with Gasteiger partial charge in [-0.05, 0) is 71.3 Å². The number of sulfonamides is 1. The summed E-state index contributed by atoms with van der Waals surface area (Å²) in [6, 6.07) is 10.4.